The molecule has 1 aromatic carbocycles. The summed E-state index contributed by atoms with van der Waals surface area (Å²) in [7, 11) is 0. The van der Waals surface area contributed by atoms with Crippen molar-refractivity contribution in [1.29, 1.82) is 5.26 Å². The summed E-state index contributed by atoms with van der Waals surface area (Å²) in [5.74, 6) is -2.48. The molecule has 0 fully saturated rings. The highest BCUT2D eigenvalue weighted by molar-refractivity contribution is 6.38. The van der Waals surface area contributed by atoms with Crippen molar-refractivity contribution in [2.24, 2.45) is 0 Å². The van der Waals surface area contributed by atoms with Gasteiger partial charge in [0, 0.05) is 5.69 Å². The van der Waals surface area contributed by atoms with E-state index in [4.69, 9.17) is 5.26 Å². The highest BCUT2D eigenvalue weighted by Gasteiger charge is 2.75. The molecule has 21 heavy (non-hydrogen) atoms. The standard InChI is InChI=1S/C11H5ClF6N2O/c12-9(10(13,14)15,11(16,17)18)8(21)20-7-3-1-6(5-19)2-4-7/h1-4H,(H,20,21). The Labute approximate surface area is 119 Å². The van der Waals surface area contributed by atoms with Crippen LogP contribution in [0.25, 0.3) is 0 Å². The van der Waals surface area contributed by atoms with E-state index < -0.39 is 23.1 Å². The third kappa shape index (κ3) is 3.21. The molecule has 1 amide bonds. The Morgan fingerprint density at radius 3 is 1.81 bits per heavy atom. The zero-order valence-corrected chi connectivity index (χ0v) is 10.6. The molecule has 0 aromatic heterocycles. The Morgan fingerprint density at radius 2 is 1.48 bits per heavy atom. The van der Waals surface area contributed by atoms with Crippen LogP contribution in [0, 0.1) is 11.3 Å². The van der Waals surface area contributed by atoms with E-state index in [1.807, 2.05) is 0 Å². The normalized spacial score (nSPS) is 12.7. The van der Waals surface area contributed by atoms with E-state index in [-0.39, 0.29) is 11.3 Å². The number of rotatable bonds is 2. The number of hydrogen-bond acceptors (Lipinski definition) is 2. The van der Waals surface area contributed by atoms with Crippen LogP contribution in [0.4, 0.5) is 32.0 Å². The molecular weight excluding hydrogens is 326 g/mol. The molecule has 0 radical (unpaired) electrons. The van der Waals surface area contributed by atoms with E-state index in [0.717, 1.165) is 24.3 Å². The average Bonchev–Trinajstić information content (AvgIpc) is 2.35. The summed E-state index contributed by atoms with van der Waals surface area (Å²) in [5.41, 5.74) is -0.255. The van der Waals surface area contributed by atoms with Crippen molar-refractivity contribution in [1.82, 2.24) is 0 Å². The quantitative estimate of drug-likeness (QED) is 0.665. The number of carbonyl (C=O) groups is 1. The van der Waals surface area contributed by atoms with Gasteiger partial charge in [-0.05, 0) is 24.3 Å². The van der Waals surface area contributed by atoms with Gasteiger partial charge < -0.3 is 5.32 Å². The number of hydrogen-bond donors (Lipinski definition) is 1. The maximum Gasteiger partial charge on any atom is 0.425 e. The predicted octanol–water partition coefficient (Wildman–Crippen LogP) is 3.60. The molecule has 0 aliphatic rings. The van der Waals surface area contributed by atoms with Crippen LogP contribution >= 0.6 is 11.6 Å². The molecule has 10 heteroatoms. The maximum absolute atomic E-state index is 12.5. The van der Waals surface area contributed by atoms with Crippen molar-refractivity contribution in [2.45, 2.75) is 17.2 Å². The summed E-state index contributed by atoms with van der Waals surface area (Å²) in [6.07, 6.45) is -12.1. The molecule has 0 bridgehead atoms. The second kappa shape index (κ2) is 5.44. The first-order valence-electron chi connectivity index (χ1n) is 5.07. The first-order chi connectivity index (χ1) is 9.43. The van der Waals surface area contributed by atoms with Gasteiger partial charge in [0.05, 0.1) is 11.6 Å². The summed E-state index contributed by atoms with van der Waals surface area (Å²) in [6, 6.07) is 5.84. The van der Waals surface area contributed by atoms with Gasteiger partial charge in [0.15, 0.2) is 0 Å². The van der Waals surface area contributed by atoms with Gasteiger partial charge in [-0.25, -0.2) is 0 Å². The topological polar surface area (TPSA) is 52.9 Å². The number of nitrogens with zero attached hydrogens (tertiary/aromatic N) is 1. The maximum atomic E-state index is 12.5. The number of benzene rings is 1. The fourth-order valence-corrected chi connectivity index (χ4v) is 1.31. The summed E-state index contributed by atoms with van der Waals surface area (Å²) in [6.45, 7) is 0. The van der Waals surface area contributed by atoms with Crippen LogP contribution in [0.3, 0.4) is 0 Å². The van der Waals surface area contributed by atoms with Crippen LogP contribution in [-0.4, -0.2) is 23.1 Å². The highest BCUT2D eigenvalue weighted by atomic mass is 35.5. The molecule has 0 saturated carbocycles. The number of carbonyl (C=O) groups excluding carboxylic acids is 1. The molecule has 0 aliphatic carbocycles. The molecule has 0 heterocycles. The van der Waals surface area contributed by atoms with E-state index in [0.29, 0.717) is 0 Å². The van der Waals surface area contributed by atoms with Gasteiger partial charge in [-0.3, -0.25) is 4.79 Å². The fraction of sp³-hybridized carbons (Fsp3) is 0.273. The molecule has 1 rings (SSSR count). The third-order valence-electron chi connectivity index (χ3n) is 2.37. The molecule has 0 aliphatic heterocycles. The zero-order chi connectivity index (χ0) is 16.5. The molecule has 0 saturated heterocycles. The first kappa shape index (κ1) is 17.1. The Balaban J connectivity index is 3.11. The number of anilines is 1. The predicted molar refractivity (Wildman–Crippen MR) is 60.5 cm³/mol. The van der Waals surface area contributed by atoms with E-state index in [9.17, 15) is 31.1 Å². The van der Waals surface area contributed by atoms with Crippen molar-refractivity contribution < 1.29 is 31.1 Å². The van der Waals surface area contributed by atoms with Gasteiger partial charge >= 0.3 is 17.2 Å². The largest absolute Gasteiger partial charge is 0.425 e. The van der Waals surface area contributed by atoms with Gasteiger partial charge in [0.25, 0.3) is 5.91 Å². The second-order valence-corrected chi connectivity index (χ2v) is 4.36. The van der Waals surface area contributed by atoms with Crippen LogP contribution < -0.4 is 5.32 Å². The minimum absolute atomic E-state index is 0.108. The van der Waals surface area contributed by atoms with Crippen LogP contribution in [-0.2, 0) is 4.79 Å². The van der Waals surface area contributed by atoms with Gasteiger partial charge in [-0.1, -0.05) is 11.6 Å². The van der Waals surface area contributed by atoms with Crippen molar-refractivity contribution in [3.05, 3.63) is 29.8 Å². The number of halogens is 7. The second-order valence-electron chi connectivity index (χ2n) is 3.80. The van der Waals surface area contributed by atoms with Gasteiger partial charge in [0.1, 0.15) is 0 Å². The highest BCUT2D eigenvalue weighted by Crippen LogP contribution is 2.48. The van der Waals surface area contributed by atoms with Gasteiger partial charge in [0.2, 0.25) is 0 Å². The lowest BCUT2D eigenvalue weighted by Gasteiger charge is -2.30. The number of alkyl halides is 7. The van der Waals surface area contributed by atoms with E-state index in [1.165, 1.54) is 5.32 Å². The summed E-state index contributed by atoms with van der Waals surface area (Å²) in [4.78, 5) is 6.27. The Kier molecular flexibility index (Phi) is 4.43. The van der Waals surface area contributed by atoms with Crippen LogP contribution in [0.5, 0.6) is 0 Å². The van der Waals surface area contributed by atoms with Crippen molar-refractivity contribution in [3.63, 3.8) is 0 Å². The summed E-state index contributed by atoms with van der Waals surface area (Å²) >= 11 is 4.54. The number of nitrogens with one attached hydrogen (secondary N) is 1. The minimum Gasteiger partial charge on any atom is -0.324 e. The Hall–Kier alpha value is -1.95. The Bertz CT molecular complexity index is 558. The number of nitriles is 1. The molecule has 114 valence electrons. The van der Waals surface area contributed by atoms with E-state index in [2.05, 4.69) is 11.6 Å². The van der Waals surface area contributed by atoms with Crippen LogP contribution in [0.15, 0.2) is 24.3 Å². The number of amides is 1. The first-order valence-corrected chi connectivity index (χ1v) is 5.45. The average molecular weight is 331 g/mol. The van der Waals surface area contributed by atoms with Crippen molar-refractivity contribution in [2.75, 3.05) is 5.32 Å². The monoisotopic (exact) mass is 330 g/mol. The summed E-state index contributed by atoms with van der Waals surface area (Å²) < 4.78 is 75.1. The smallest absolute Gasteiger partial charge is 0.324 e. The Morgan fingerprint density at radius 1 is 1.05 bits per heavy atom. The van der Waals surface area contributed by atoms with Gasteiger partial charge in [-0.2, -0.15) is 31.6 Å². The van der Waals surface area contributed by atoms with E-state index in [1.54, 1.807) is 6.07 Å². The lowest BCUT2D eigenvalue weighted by molar-refractivity contribution is -0.258. The summed E-state index contributed by atoms with van der Waals surface area (Å²) in [5, 5.41) is 9.92. The van der Waals surface area contributed by atoms with Crippen LogP contribution in [0.1, 0.15) is 5.56 Å². The van der Waals surface area contributed by atoms with E-state index >= 15 is 0 Å². The molecule has 0 unspecified atom stereocenters. The molecular formula is C11H5ClF6N2O. The molecule has 0 atom stereocenters. The van der Waals surface area contributed by atoms with Crippen molar-refractivity contribution in [3.8, 4) is 6.07 Å². The van der Waals surface area contributed by atoms with Crippen molar-refractivity contribution >= 4 is 23.2 Å². The lowest BCUT2D eigenvalue weighted by atomic mass is 10.1. The molecule has 1 aromatic rings. The fourth-order valence-electron chi connectivity index (χ4n) is 1.26. The third-order valence-corrected chi connectivity index (χ3v) is 2.97. The lowest BCUT2D eigenvalue weighted by Crippen LogP contribution is -2.60. The molecule has 3 nitrogen and oxygen atoms in total. The van der Waals surface area contributed by atoms with Gasteiger partial charge in [-0.15, -0.1) is 0 Å². The minimum atomic E-state index is -6.04. The molecule has 0 spiro atoms. The molecule has 1 N–H and O–H groups in total. The SMILES string of the molecule is N#Cc1ccc(NC(=O)C(Cl)(C(F)(F)F)C(F)(F)F)cc1. The zero-order valence-electron chi connectivity index (χ0n) is 9.81. The van der Waals surface area contributed by atoms with Crippen LogP contribution in [0.2, 0.25) is 0 Å².